The maximum atomic E-state index is 12.4. The zero-order chi connectivity index (χ0) is 18.0. The molecule has 25 heavy (non-hydrogen) atoms. The van der Waals surface area contributed by atoms with Gasteiger partial charge in [0.05, 0.1) is 25.3 Å². The molecule has 0 unspecified atom stereocenters. The van der Waals surface area contributed by atoms with Crippen LogP contribution in [0.25, 0.3) is 0 Å². The van der Waals surface area contributed by atoms with Crippen LogP contribution in [0.5, 0.6) is 5.75 Å². The van der Waals surface area contributed by atoms with Crippen molar-refractivity contribution in [3.8, 4) is 5.75 Å². The third kappa shape index (κ3) is 3.61. The molecule has 3 atom stereocenters. The number of methoxy groups -OCH3 is 1. The van der Waals surface area contributed by atoms with Crippen molar-refractivity contribution in [2.45, 2.75) is 38.5 Å². The van der Waals surface area contributed by atoms with Crippen LogP contribution in [-0.2, 0) is 6.42 Å². The van der Waals surface area contributed by atoms with Crippen molar-refractivity contribution < 1.29 is 14.6 Å². The molecule has 132 valence electrons. The average molecular weight is 340 g/mol. The molecule has 2 aromatic rings. The lowest BCUT2D eigenvalue weighted by Gasteiger charge is -2.21. The number of benzene rings is 2. The summed E-state index contributed by atoms with van der Waals surface area (Å²) >= 11 is 0. The highest BCUT2D eigenvalue weighted by Gasteiger charge is 2.31. The van der Waals surface area contributed by atoms with Crippen molar-refractivity contribution in [2.24, 2.45) is 0 Å². The standard InChI is InChI=1S/C20H24N2O3/c1-12-8-9-18(25-3)16(10-12)13(2)21-20(24)22-17-11-14-6-4-5-7-15(14)19(17)23/h4-10,13,17,19,23H,11H2,1-3H3,(H2,21,22,24)/t13-,17+,19+/m0/s1. The Morgan fingerprint density at radius 2 is 2.04 bits per heavy atom. The van der Waals surface area contributed by atoms with E-state index in [0.29, 0.717) is 6.42 Å². The number of fused-ring (bicyclic) bond motifs is 1. The molecule has 1 aliphatic rings. The first-order valence-corrected chi connectivity index (χ1v) is 8.47. The normalized spacial score (nSPS) is 19.8. The number of urea groups is 1. The van der Waals surface area contributed by atoms with Gasteiger partial charge in [-0.05, 0) is 37.5 Å². The van der Waals surface area contributed by atoms with E-state index in [1.54, 1.807) is 7.11 Å². The fourth-order valence-corrected chi connectivity index (χ4v) is 3.38. The number of aliphatic hydroxyl groups excluding tert-OH is 1. The fraction of sp³-hybridized carbons (Fsp3) is 0.350. The van der Waals surface area contributed by atoms with Crippen LogP contribution in [0.1, 0.15) is 41.3 Å². The smallest absolute Gasteiger partial charge is 0.315 e. The summed E-state index contributed by atoms with van der Waals surface area (Å²) < 4.78 is 5.38. The van der Waals surface area contributed by atoms with Crippen molar-refractivity contribution in [3.05, 3.63) is 64.7 Å². The molecule has 5 heteroatoms. The molecule has 0 fully saturated rings. The van der Waals surface area contributed by atoms with E-state index in [1.807, 2.05) is 56.3 Å². The van der Waals surface area contributed by atoms with Gasteiger partial charge in [0.15, 0.2) is 0 Å². The Bertz CT molecular complexity index is 775. The molecule has 0 aliphatic heterocycles. The summed E-state index contributed by atoms with van der Waals surface area (Å²) in [6, 6.07) is 12.8. The van der Waals surface area contributed by atoms with E-state index in [0.717, 1.165) is 28.0 Å². The zero-order valence-electron chi connectivity index (χ0n) is 14.7. The van der Waals surface area contributed by atoms with E-state index >= 15 is 0 Å². The van der Waals surface area contributed by atoms with Crippen molar-refractivity contribution in [1.29, 1.82) is 0 Å². The van der Waals surface area contributed by atoms with Gasteiger partial charge in [-0.1, -0.05) is 42.0 Å². The van der Waals surface area contributed by atoms with Crippen LogP contribution < -0.4 is 15.4 Å². The van der Waals surface area contributed by atoms with Gasteiger partial charge in [0, 0.05) is 5.56 Å². The summed E-state index contributed by atoms with van der Waals surface area (Å²) in [5.74, 6) is 0.742. The van der Waals surface area contributed by atoms with Crippen LogP contribution in [0.3, 0.4) is 0 Å². The van der Waals surface area contributed by atoms with Crippen LogP contribution in [0.15, 0.2) is 42.5 Å². The number of carbonyl (C=O) groups excluding carboxylic acids is 1. The van der Waals surface area contributed by atoms with Gasteiger partial charge in [0.25, 0.3) is 0 Å². The Morgan fingerprint density at radius 3 is 2.76 bits per heavy atom. The largest absolute Gasteiger partial charge is 0.496 e. The topological polar surface area (TPSA) is 70.6 Å². The number of aryl methyl sites for hydroxylation is 1. The lowest BCUT2D eigenvalue weighted by Crippen LogP contribution is -2.44. The van der Waals surface area contributed by atoms with E-state index < -0.39 is 6.10 Å². The van der Waals surface area contributed by atoms with Gasteiger partial charge >= 0.3 is 6.03 Å². The molecule has 3 N–H and O–H groups in total. The molecule has 1 aliphatic carbocycles. The first kappa shape index (κ1) is 17.3. The molecule has 2 amide bonds. The number of amides is 2. The molecule has 0 heterocycles. The second-order valence-corrected chi connectivity index (χ2v) is 6.54. The molecule has 0 radical (unpaired) electrons. The van der Waals surface area contributed by atoms with Gasteiger partial charge in [0.2, 0.25) is 0 Å². The average Bonchev–Trinajstić information content (AvgIpc) is 2.91. The summed E-state index contributed by atoms with van der Waals surface area (Å²) in [6.07, 6.45) is -0.0434. The number of carbonyl (C=O) groups is 1. The SMILES string of the molecule is COc1ccc(C)cc1[C@H](C)NC(=O)N[C@@H]1Cc2ccccc2[C@H]1O. The van der Waals surface area contributed by atoms with Gasteiger partial charge < -0.3 is 20.5 Å². The number of rotatable bonds is 4. The highest BCUT2D eigenvalue weighted by molar-refractivity contribution is 5.75. The summed E-state index contributed by atoms with van der Waals surface area (Å²) in [7, 11) is 1.62. The monoisotopic (exact) mass is 340 g/mol. The minimum absolute atomic E-state index is 0.212. The van der Waals surface area contributed by atoms with Crippen LogP contribution in [0.2, 0.25) is 0 Å². The van der Waals surface area contributed by atoms with E-state index in [1.165, 1.54) is 0 Å². The molecule has 0 saturated heterocycles. The number of hydrogen-bond acceptors (Lipinski definition) is 3. The van der Waals surface area contributed by atoms with Crippen molar-refractivity contribution >= 4 is 6.03 Å². The first-order chi connectivity index (χ1) is 12.0. The van der Waals surface area contributed by atoms with Crippen LogP contribution in [0.4, 0.5) is 4.79 Å². The molecule has 3 rings (SSSR count). The Hall–Kier alpha value is -2.53. The molecular formula is C20H24N2O3. The minimum Gasteiger partial charge on any atom is -0.496 e. The van der Waals surface area contributed by atoms with Crippen molar-refractivity contribution in [2.75, 3.05) is 7.11 Å². The third-order valence-electron chi connectivity index (χ3n) is 4.71. The third-order valence-corrected chi connectivity index (χ3v) is 4.71. The summed E-state index contributed by atoms with van der Waals surface area (Å²) in [4.78, 5) is 12.4. The second kappa shape index (κ2) is 7.15. The van der Waals surface area contributed by atoms with E-state index in [-0.39, 0.29) is 18.1 Å². The molecule has 5 nitrogen and oxygen atoms in total. The molecule has 0 aromatic heterocycles. The number of nitrogens with one attached hydrogen (secondary N) is 2. The predicted octanol–water partition coefficient (Wildman–Crippen LogP) is 3.02. The summed E-state index contributed by atoms with van der Waals surface area (Å²) in [5, 5.41) is 16.2. The van der Waals surface area contributed by atoms with Gasteiger partial charge in [-0.3, -0.25) is 0 Å². The second-order valence-electron chi connectivity index (χ2n) is 6.54. The number of ether oxygens (including phenoxy) is 1. The fourth-order valence-electron chi connectivity index (χ4n) is 3.38. The van der Waals surface area contributed by atoms with Crippen LogP contribution in [-0.4, -0.2) is 24.3 Å². The van der Waals surface area contributed by atoms with Gasteiger partial charge in [-0.25, -0.2) is 4.79 Å². The highest BCUT2D eigenvalue weighted by atomic mass is 16.5. The number of hydrogen-bond donors (Lipinski definition) is 3. The van der Waals surface area contributed by atoms with Crippen molar-refractivity contribution in [3.63, 3.8) is 0 Å². The lowest BCUT2D eigenvalue weighted by atomic mass is 10.0. The van der Waals surface area contributed by atoms with Crippen LogP contribution >= 0.6 is 0 Å². The molecule has 2 aromatic carbocycles. The van der Waals surface area contributed by atoms with E-state index in [2.05, 4.69) is 10.6 Å². The predicted molar refractivity (Wildman–Crippen MR) is 96.7 cm³/mol. The minimum atomic E-state index is -0.675. The van der Waals surface area contributed by atoms with Gasteiger partial charge in [-0.15, -0.1) is 0 Å². The Balaban J connectivity index is 1.65. The highest BCUT2D eigenvalue weighted by Crippen LogP contribution is 2.31. The molecule has 0 bridgehead atoms. The van der Waals surface area contributed by atoms with Crippen LogP contribution in [0, 0.1) is 6.92 Å². The molecular weight excluding hydrogens is 316 g/mol. The first-order valence-electron chi connectivity index (χ1n) is 8.47. The van der Waals surface area contributed by atoms with Gasteiger partial charge in [0.1, 0.15) is 5.75 Å². The summed E-state index contributed by atoms with van der Waals surface area (Å²) in [6.45, 7) is 3.92. The quantitative estimate of drug-likeness (QED) is 0.801. The summed E-state index contributed by atoms with van der Waals surface area (Å²) in [5.41, 5.74) is 3.99. The maximum Gasteiger partial charge on any atom is 0.315 e. The lowest BCUT2D eigenvalue weighted by molar-refractivity contribution is 0.142. The maximum absolute atomic E-state index is 12.4. The van der Waals surface area contributed by atoms with Crippen molar-refractivity contribution in [1.82, 2.24) is 10.6 Å². The van der Waals surface area contributed by atoms with E-state index in [9.17, 15) is 9.90 Å². The number of aliphatic hydroxyl groups is 1. The Labute approximate surface area is 148 Å². The Kier molecular flexibility index (Phi) is 4.95. The van der Waals surface area contributed by atoms with E-state index in [4.69, 9.17) is 4.74 Å². The molecule has 0 saturated carbocycles. The molecule has 0 spiro atoms. The van der Waals surface area contributed by atoms with Gasteiger partial charge in [-0.2, -0.15) is 0 Å². The Morgan fingerprint density at radius 1 is 1.28 bits per heavy atom. The zero-order valence-corrected chi connectivity index (χ0v) is 14.7.